The highest BCUT2D eigenvalue weighted by molar-refractivity contribution is 6.34. The molecule has 0 amide bonds. The Bertz CT molecular complexity index is 740. The van der Waals surface area contributed by atoms with Crippen molar-refractivity contribution in [1.82, 2.24) is 9.78 Å². The van der Waals surface area contributed by atoms with E-state index in [0.29, 0.717) is 0 Å². The van der Waals surface area contributed by atoms with Crippen LogP contribution >= 0.6 is 11.6 Å². The second kappa shape index (κ2) is 5.54. The Morgan fingerprint density at radius 1 is 1.48 bits per heavy atom. The summed E-state index contributed by atoms with van der Waals surface area (Å²) in [6.07, 6.45) is 0. The number of halogens is 4. The average Bonchev–Trinajstić information content (AvgIpc) is 2.68. The van der Waals surface area contributed by atoms with E-state index < -0.39 is 24.1 Å². The fraction of sp³-hybridized carbons (Fsp3) is 0.167. The van der Waals surface area contributed by atoms with Gasteiger partial charge in [-0.1, -0.05) is 11.6 Å². The molecule has 0 atom stereocenters. The van der Waals surface area contributed by atoms with Crippen LogP contribution in [0.25, 0.3) is 11.3 Å². The predicted molar refractivity (Wildman–Crippen MR) is 66.6 cm³/mol. The molecule has 0 fully saturated rings. The number of benzene rings is 1. The molecule has 21 heavy (non-hydrogen) atoms. The summed E-state index contributed by atoms with van der Waals surface area (Å²) >= 11 is 5.85. The summed E-state index contributed by atoms with van der Waals surface area (Å²) in [6, 6.07) is 3.33. The minimum Gasteiger partial charge on any atom is -0.507 e. The van der Waals surface area contributed by atoms with Gasteiger partial charge in [0.1, 0.15) is 28.4 Å². The third kappa shape index (κ3) is 2.73. The van der Waals surface area contributed by atoms with Gasteiger partial charge in [-0.2, -0.15) is 19.1 Å². The fourth-order valence-corrected chi connectivity index (χ4v) is 2.01. The zero-order chi connectivity index (χ0) is 15.7. The van der Waals surface area contributed by atoms with Crippen LogP contribution in [0, 0.1) is 17.1 Å². The third-order valence-corrected chi connectivity index (χ3v) is 2.94. The minimum absolute atomic E-state index is 0.188. The fourth-order valence-electron chi connectivity index (χ4n) is 1.70. The van der Waals surface area contributed by atoms with Gasteiger partial charge < -0.3 is 9.84 Å². The van der Waals surface area contributed by atoms with Gasteiger partial charge in [0.15, 0.2) is 0 Å². The monoisotopic (exact) mass is 317 g/mol. The van der Waals surface area contributed by atoms with E-state index >= 15 is 0 Å². The van der Waals surface area contributed by atoms with Crippen molar-refractivity contribution >= 4 is 11.6 Å². The quantitative estimate of drug-likeness (QED) is 0.944. The summed E-state index contributed by atoms with van der Waals surface area (Å²) in [5.41, 5.74) is -0.698. The average molecular weight is 318 g/mol. The van der Waals surface area contributed by atoms with Gasteiger partial charge in [-0.05, 0) is 12.1 Å². The van der Waals surface area contributed by atoms with E-state index in [1.165, 1.54) is 7.05 Å². The molecule has 0 aliphatic carbocycles. The molecule has 0 spiro atoms. The van der Waals surface area contributed by atoms with Crippen molar-refractivity contribution in [2.24, 2.45) is 7.05 Å². The molecule has 0 aliphatic rings. The number of aromatic nitrogens is 2. The summed E-state index contributed by atoms with van der Waals surface area (Å²) in [5.74, 6) is -1.80. The molecule has 1 N–H and O–H groups in total. The van der Waals surface area contributed by atoms with Crippen LogP contribution in [0.1, 0.15) is 5.56 Å². The molecule has 1 aromatic carbocycles. The maximum absolute atomic E-state index is 13.9. The molecule has 0 bridgehead atoms. The Kier molecular flexibility index (Phi) is 3.95. The van der Waals surface area contributed by atoms with E-state index in [9.17, 15) is 18.3 Å². The highest BCUT2D eigenvalue weighted by Gasteiger charge is 2.23. The van der Waals surface area contributed by atoms with Crippen LogP contribution in [0.2, 0.25) is 5.02 Å². The second-order valence-corrected chi connectivity index (χ2v) is 4.31. The number of hydrogen-bond donors (Lipinski definition) is 1. The Morgan fingerprint density at radius 3 is 2.71 bits per heavy atom. The van der Waals surface area contributed by atoms with Gasteiger partial charge in [0, 0.05) is 12.6 Å². The molecule has 1 heterocycles. The van der Waals surface area contributed by atoms with Crippen LogP contribution in [-0.4, -0.2) is 21.5 Å². The van der Waals surface area contributed by atoms with E-state index in [1.54, 1.807) is 6.07 Å². The summed E-state index contributed by atoms with van der Waals surface area (Å²) in [5, 5.41) is 21.7. The second-order valence-electron chi connectivity index (χ2n) is 3.93. The summed E-state index contributed by atoms with van der Waals surface area (Å²) < 4.78 is 43.6. The number of ether oxygens (including phenoxy) is 1. The normalized spacial score (nSPS) is 10.7. The zero-order valence-electron chi connectivity index (χ0n) is 10.4. The number of alkyl halides is 2. The highest BCUT2D eigenvalue weighted by atomic mass is 35.5. The number of nitrogens with zero attached hydrogens (tertiary/aromatic N) is 3. The lowest BCUT2D eigenvalue weighted by atomic mass is 10.1. The van der Waals surface area contributed by atoms with Crippen LogP contribution in [0.3, 0.4) is 0 Å². The van der Waals surface area contributed by atoms with Gasteiger partial charge in [0.05, 0.1) is 5.56 Å². The van der Waals surface area contributed by atoms with E-state index in [2.05, 4.69) is 9.84 Å². The van der Waals surface area contributed by atoms with Crippen molar-refractivity contribution in [3.05, 3.63) is 28.5 Å². The van der Waals surface area contributed by atoms with Crippen LogP contribution in [0.4, 0.5) is 13.2 Å². The SMILES string of the molecule is Cn1nc(-c2cc(O)c(C#N)cc2F)c(Cl)c1OC(F)F. The predicted octanol–water partition coefficient (Wildman–Crippen LogP) is 3.06. The van der Waals surface area contributed by atoms with Crippen LogP contribution in [0.5, 0.6) is 11.6 Å². The molecule has 0 unspecified atom stereocenters. The molecule has 0 saturated carbocycles. The standard InChI is InChI=1S/C12H7ClF3N3O2/c1-19-11(21-12(15)16)9(13)10(18-19)6-3-8(20)5(4-17)2-7(6)14/h2-3,12,20H,1H3. The number of hydrogen-bond acceptors (Lipinski definition) is 4. The first-order valence-corrected chi connectivity index (χ1v) is 5.83. The number of aromatic hydroxyl groups is 1. The molecule has 2 aromatic rings. The number of rotatable bonds is 3. The first-order valence-electron chi connectivity index (χ1n) is 5.45. The molecule has 0 radical (unpaired) electrons. The molecule has 2 rings (SSSR count). The van der Waals surface area contributed by atoms with Gasteiger partial charge in [-0.25, -0.2) is 9.07 Å². The highest BCUT2D eigenvalue weighted by Crippen LogP contribution is 2.38. The van der Waals surface area contributed by atoms with Gasteiger partial charge in [0.25, 0.3) is 0 Å². The summed E-state index contributed by atoms with van der Waals surface area (Å²) in [6.45, 7) is -3.12. The first kappa shape index (κ1) is 15.0. The Balaban J connectivity index is 2.58. The van der Waals surface area contributed by atoms with Crippen molar-refractivity contribution < 1.29 is 23.0 Å². The van der Waals surface area contributed by atoms with Crippen molar-refractivity contribution in [2.45, 2.75) is 6.61 Å². The lowest BCUT2D eigenvalue weighted by Crippen LogP contribution is -2.06. The third-order valence-electron chi connectivity index (χ3n) is 2.60. The molecule has 110 valence electrons. The van der Waals surface area contributed by atoms with E-state index in [0.717, 1.165) is 16.8 Å². The Labute approximate surface area is 121 Å². The van der Waals surface area contributed by atoms with Gasteiger partial charge in [-0.3, -0.25) is 0 Å². The lowest BCUT2D eigenvalue weighted by Gasteiger charge is -2.04. The van der Waals surface area contributed by atoms with Crippen molar-refractivity contribution in [3.63, 3.8) is 0 Å². The smallest absolute Gasteiger partial charge is 0.388 e. The minimum atomic E-state index is -3.12. The topological polar surface area (TPSA) is 71.1 Å². The van der Waals surface area contributed by atoms with Crippen molar-refractivity contribution in [1.29, 1.82) is 5.26 Å². The van der Waals surface area contributed by atoms with Crippen LogP contribution < -0.4 is 4.74 Å². The molecule has 5 nitrogen and oxygen atoms in total. The molecule has 9 heteroatoms. The molecule has 0 saturated heterocycles. The first-order chi connectivity index (χ1) is 9.85. The van der Waals surface area contributed by atoms with E-state index in [1.807, 2.05) is 0 Å². The zero-order valence-corrected chi connectivity index (χ0v) is 11.2. The number of phenolic OH excluding ortho intramolecular Hbond substituents is 1. The van der Waals surface area contributed by atoms with Crippen LogP contribution in [0.15, 0.2) is 12.1 Å². The maximum atomic E-state index is 13.9. The van der Waals surface area contributed by atoms with E-state index in [4.69, 9.17) is 16.9 Å². The van der Waals surface area contributed by atoms with Gasteiger partial charge in [-0.15, -0.1) is 0 Å². The van der Waals surface area contributed by atoms with E-state index in [-0.39, 0.29) is 21.8 Å². The number of phenols is 1. The van der Waals surface area contributed by atoms with Gasteiger partial charge >= 0.3 is 6.61 Å². The summed E-state index contributed by atoms with van der Waals surface area (Å²) in [7, 11) is 1.29. The van der Waals surface area contributed by atoms with Crippen LogP contribution in [-0.2, 0) is 7.05 Å². The van der Waals surface area contributed by atoms with Gasteiger partial charge in [0.2, 0.25) is 5.88 Å². The maximum Gasteiger partial charge on any atom is 0.388 e. The molecular weight excluding hydrogens is 311 g/mol. The summed E-state index contributed by atoms with van der Waals surface area (Å²) in [4.78, 5) is 0. The Hall–Kier alpha value is -2.40. The van der Waals surface area contributed by atoms with Crippen molar-refractivity contribution in [3.8, 4) is 29.0 Å². The Morgan fingerprint density at radius 2 is 2.14 bits per heavy atom. The number of aryl methyl sites for hydroxylation is 1. The molecule has 1 aromatic heterocycles. The lowest BCUT2D eigenvalue weighted by molar-refractivity contribution is -0.0552. The largest absolute Gasteiger partial charge is 0.507 e. The molecule has 0 aliphatic heterocycles. The van der Waals surface area contributed by atoms with Crippen molar-refractivity contribution in [2.75, 3.05) is 0 Å². The number of nitriles is 1. The molecular formula is C12H7ClF3N3O2.